The van der Waals surface area contributed by atoms with Gasteiger partial charge in [0.15, 0.2) is 0 Å². The highest BCUT2D eigenvalue weighted by atomic mass is 14.9. The molecule has 0 radical (unpaired) electrons. The number of para-hydroxylation sites is 3. The molecule has 0 aliphatic heterocycles. The number of hydrogen-bond donors (Lipinski definition) is 3. The normalized spacial score (nSPS) is 10.7. The first-order chi connectivity index (χ1) is 9.34. The molecule has 0 unspecified atom stereocenters. The average Bonchev–Trinajstić information content (AvgIpc) is 2.85. The molecule has 1 aromatic heterocycles. The van der Waals surface area contributed by atoms with E-state index in [1.165, 1.54) is 16.5 Å². The highest BCUT2D eigenvalue weighted by Gasteiger charge is 2.02. The second kappa shape index (κ2) is 5.06. The second-order valence-corrected chi connectivity index (χ2v) is 4.62. The molecule has 2 aromatic carbocycles. The van der Waals surface area contributed by atoms with Crippen molar-refractivity contribution < 1.29 is 0 Å². The molecule has 1 heterocycles. The van der Waals surface area contributed by atoms with Gasteiger partial charge in [0, 0.05) is 23.6 Å². The fourth-order valence-corrected chi connectivity index (χ4v) is 2.33. The Balaban J connectivity index is 1.68. The molecule has 19 heavy (non-hydrogen) atoms. The number of aromatic amines is 1. The maximum Gasteiger partial charge on any atom is 0.0574 e. The van der Waals surface area contributed by atoms with E-state index in [2.05, 4.69) is 34.7 Å². The first-order valence-electron chi connectivity index (χ1n) is 6.48. The Morgan fingerprint density at radius 3 is 2.68 bits per heavy atom. The van der Waals surface area contributed by atoms with E-state index >= 15 is 0 Å². The number of aromatic nitrogens is 1. The molecule has 0 aliphatic carbocycles. The summed E-state index contributed by atoms with van der Waals surface area (Å²) < 4.78 is 0. The molecule has 3 aromatic rings. The Hall–Kier alpha value is -2.42. The van der Waals surface area contributed by atoms with Gasteiger partial charge in [0.25, 0.3) is 0 Å². The van der Waals surface area contributed by atoms with E-state index in [1.54, 1.807) is 0 Å². The third kappa shape index (κ3) is 2.40. The third-order valence-electron chi connectivity index (χ3n) is 3.35. The van der Waals surface area contributed by atoms with Gasteiger partial charge in [-0.25, -0.2) is 0 Å². The zero-order chi connectivity index (χ0) is 13.1. The number of fused-ring (bicyclic) bond motifs is 1. The van der Waals surface area contributed by atoms with Gasteiger partial charge in [-0.1, -0.05) is 30.3 Å². The first-order valence-corrected chi connectivity index (χ1v) is 6.48. The minimum absolute atomic E-state index is 0.793. The number of nitrogens with one attached hydrogen (secondary N) is 2. The SMILES string of the molecule is Nc1ccccc1NCCc1c[nH]c2ccccc12. The summed E-state index contributed by atoms with van der Waals surface area (Å²) in [5.41, 5.74) is 10.2. The number of hydrogen-bond acceptors (Lipinski definition) is 2. The van der Waals surface area contributed by atoms with Crippen LogP contribution in [0.1, 0.15) is 5.56 Å². The van der Waals surface area contributed by atoms with E-state index in [9.17, 15) is 0 Å². The monoisotopic (exact) mass is 251 g/mol. The Morgan fingerprint density at radius 1 is 1.00 bits per heavy atom. The zero-order valence-corrected chi connectivity index (χ0v) is 10.7. The number of nitrogens with two attached hydrogens (primary N) is 1. The Labute approximate surface area is 112 Å². The van der Waals surface area contributed by atoms with Crippen LogP contribution in [0.3, 0.4) is 0 Å². The van der Waals surface area contributed by atoms with Crippen LogP contribution >= 0.6 is 0 Å². The summed E-state index contributed by atoms with van der Waals surface area (Å²) in [4.78, 5) is 3.30. The minimum atomic E-state index is 0.793. The van der Waals surface area contributed by atoms with E-state index in [-0.39, 0.29) is 0 Å². The van der Waals surface area contributed by atoms with Crippen molar-refractivity contribution >= 4 is 22.3 Å². The number of benzene rings is 2. The van der Waals surface area contributed by atoms with Gasteiger partial charge < -0.3 is 16.0 Å². The van der Waals surface area contributed by atoms with Crippen molar-refractivity contribution in [2.75, 3.05) is 17.6 Å². The smallest absolute Gasteiger partial charge is 0.0574 e. The van der Waals surface area contributed by atoms with Crippen molar-refractivity contribution in [1.29, 1.82) is 0 Å². The minimum Gasteiger partial charge on any atom is -0.397 e. The summed E-state index contributed by atoms with van der Waals surface area (Å²) in [6, 6.07) is 16.2. The summed E-state index contributed by atoms with van der Waals surface area (Å²) in [5, 5.41) is 4.67. The standard InChI is InChI=1S/C16H17N3/c17-14-6-2-4-8-16(14)18-10-9-12-11-19-15-7-3-1-5-13(12)15/h1-8,11,18-19H,9-10,17H2. The topological polar surface area (TPSA) is 53.8 Å². The van der Waals surface area contributed by atoms with Crippen LogP contribution in [-0.4, -0.2) is 11.5 Å². The number of H-pyrrole nitrogens is 1. The lowest BCUT2D eigenvalue weighted by Crippen LogP contribution is -2.06. The molecule has 0 bridgehead atoms. The number of rotatable bonds is 4. The lowest BCUT2D eigenvalue weighted by molar-refractivity contribution is 1.03. The molecular weight excluding hydrogens is 234 g/mol. The molecular formula is C16H17N3. The molecule has 0 fully saturated rings. The summed E-state index contributed by atoms with van der Waals surface area (Å²) in [5.74, 6) is 0. The third-order valence-corrected chi connectivity index (χ3v) is 3.35. The molecule has 4 N–H and O–H groups in total. The summed E-state index contributed by atoms with van der Waals surface area (Å²) >= 11 is 0. The van der Waals surface area contributed by atoms with Crippen LogP contribution in [0.4, 0.5) is 11.4 Å². The van der Waals surface area contributed by atoms with Crippen molar-refractivity contribution in [1.82, 2.24) is 4.98 Å². The average molecular weight is 251 g/mol. The van der Waals surface area contributed by atoms with Gasteiger partial charge in [0.1, 0.15) is 0 Å². The lowest BCUT2D eigenvalue weighted by Gasteiger charge is -2.08. The largest absolute Gasteiger partial charge is 0.397 e. The molecule has 0 saturated heterocycles. The van der Waals surface area contributed by atoms with Gasteiger partial charge in [-0.05, 0) is 30.2 Å². The van der Waals surface area contributed by atoms with Gasteiger partial charge in [0.05, 0.1) is 11.4 Å². The van der Waals surface area contributed by atoms with Crippen LogP contribution in [0.5, 0.6) is 0 Å². The summed E-state index contributed by atoms with van der Waals surface area (Å²) in [6.07, 6.45) is 3.05. The predicted octanol–water partition coefficient (Wildman–Crippen LogP) is 3.40. The van der Waals surface area contributed by atoms with Crippen LogP contribution in [0.2, 0.25) is 0 Å². The quantitative estimate of drug-likeness (QED) is 0.622. The van der Waals surface area contributed by atoms with Gasteiger partial charge in [-0.15, -0.1) is 0 Å². The van der Waals surface area contributed by atoms with Gasteiger partial charge in [-0.3, -0.25) is 0 Å². The Bertz CT molecular complexity index is 685. The molecule has 0 saturated carbocycles. The van der Waals surface area contributed by atoms with E-state index in [0.29, 0.717) is 0 Å². The molecule has 0 spiro atoms. The van der Waals surface area contributed by atoms with Crippen molar-refractivity contribution in [3.05, 3.63) is 60.3 Å². The molecule has 3 heteroatoms. The van der Waals surface area contributed by atoms with Crippen molar-refractivity contribution in [2.24, 2.45) is 0 Å². The van der Waals surface area contributed by atoms with E-state index < -0.39 is 0 Å². The van der Waals surface area contributed by atoms with Crippen molar-refractivity contribution in [3.63, 3.8) is 0 Å². The number of anilines is 2. The van der Waals surface area contributed by atoms with Crippen LogP contribution in [0.15, 0.2) is 54.7 Å². The van der Waals surface area contributed by atoms with Crippen molar-refractivity contribution in [2.45, 2.75) is 6.42 Å². The molecule has 96 valence electrons. The highest BCUT2D eigenvalue weighted by molar-refractivity contribution is 5.83. The summed E-state index contributed by atoms with van der Waals surface area (Å²) in [6.45, 7) is 0.871. The Kier molecular flexibility index (Phi) is 3.11. The summed E-state index contributed by atoms with van der Waals surface area (Å²) in [7, 11) is 0. The lowest BCUT2D eigenvalue weighted by atomic mass is 10.1. The highest BCUT2D eigenvalue weighted by Crippen LogP contribution is 2.19. The predicted molar refractivity (Wildman–Crippen MR) is 81.3 cm³/mol. The zero-order valence-electron chi connectivity index (χ0n) is 10.7. The van der Waals surface area contributed by atoms with Crippen LogP contribution < -0.4 is 11.1 Å². The van der Waals surface area contributed by atoms with Gasteiger partial charge in [-0.2, -0.15) is 0 Å². The van der Waals surface area contributed by atoms with E-state index in [0.717, 1.165) is 24.3 Å². The van der Waals surface area contributed by atoms with Crippen LogP contribution in [-0.2, 0) is 6.42 Å². The maximum atomic E-state index is 5.90. The molecule has 0 atom stereocenters. The maximum absolute atomic E-state index is 5.90. The van der Waals surface area contributed by atoms with E-state index in [1.807, 2.05) is 30.3 Å². The van der Waals surface area contributed by atoms with E-state index in [4.69, 9.17) is 5.73 Å². The first kappa shape index (κ1) is 11.7. The van der Waals surface area contributed by atoms with Crippen LogP contribution in [0, 0.1) is 0 Å². The van der Waals surface area contributed by atoms with Crippen LogP contribution in [0.25, 0.3) is 10.9 Å². The molecule has 0 amide bonds. The Morgan fingerprint density at radius 2 is 1.79 bits per heavy atom. The van der Waals surface area contributed by atoms with Gasteiger partial charge >= 0.3 is 0 Å². The van der Waals surface area contributed by atoms with Crippen molar-refractivity contribution in [3.8, 4) is 0 Å². The number of nitrogen functional groups attached to an aromatic ring is 1. The molecule has 3 nitrogen and oxygen atoms in total. The fraction of sp³-hybridized carbons (Fsp3) is 0.125. The second-order valence-electron chi connectivity index (χ2n) is 4.62. The molecule has 3 rings (SSSR count). The fourth-order valence-electron chi connectivity index (χ4n) is 2.33. The van der Waals surface area contributed by atoms with Gasteiger partial charge in [0.2, 0.25) is 0 Å². The molecule has 0 aliphatic rings.